The summed E-state index contributed by atoms with van der Waals surface area (Å²) in [4.78, 5) is 26.9. The van der Waals surface area contributed by atoms with Crippen LogP contribution >= 0.6 is 0 Å². The van der Waals surface area contributed by atoms with E-state index in [2.05, 4.69) is 4.99 Å². The Labute approximate surface area is 154 Å². The summed E-state index contributed by atoms with van der Waals surface area (Å²) in [6.07, 6.45) is 1.67. The van der Waals surface area contributed by atoms with Crippen LogP contribution in [0.15, 0.2) is 71.4 Å². The molecule has 6 nitrogen and oxygen atoms in total. The number of nitro benzene ring substituents is 1. The SMILES string of the molecule is Cc1cc(C2=N/C(=C\c3ccc4ccccc4c3)C(=O)O2)ccc1[N+](=O)[O-]. The van der Waals surface area contributed by atoms with E-state index in [1.54, 1.807) is 19.1 Å². The van der Waals surface area contributed by atoms with Crippen LogP contribution < -0.4 is 0 Å². The second-order valence-electron chi connectivity index (χ2n) is 6.20. The maximum absolute atomic E-state index is 12.2. The van der Waals surface area contributed by atoms with Gasteiger partial charge in [0.25, 0.3) is 5.69 Å². The number of carbonyl (C=O) groups is 1. The molecule has 132 valence electrons. The predicted octanol–water partition coefficient (Wildman–Crippen LogP) is 4.40. The molecule has 0 unspecified atom stereocenters. The Morgan fingerprint density at radius 1 is 1.04 bits per heavy atom. The molecule has 6 heteroatoms. The first-order valence-electron chi connectivity index (χ1n) is 8.28. The molecule has 0 spiro atoms. The molecule has 0 radical (unpaired) electrons. The standard InChI is InChI=1S/C21H14N2O4/c1-13-10-17(8-9-19(13)23(25)26)20-22-18(21(24)27-20)12-14-6-7-15-4-2-3-5-16(15)11-14/h2-12H,1H3/b18-12-. The van der Waals surface area contributed by atoms with Gasteiger partial charge in [-0.3, -0.25) is 10.1 Å². The van der Waals surface area contributed by atoms with Crippen LogP contribution in [0.5, 0.6) is 0 Å². The fourth-order valence-corrected chi connectivity index (χ4v) is 2.98. The van der Waals surface area contributed by atoms with Crippen LogP contribution in [-0.2, 0) is 9.53 Å². The Morgan fingerprint density at radius 2 is 1.81 bits per heavy atom. The van der Waals surface area contributed by atoms with Gasteiger partial charge in [0.1, 0.15) is 0 Å². The van der Waals surface area contributed by atoms with Crippen molar-refractivity contribution >= 4 is 34.4 Å². The van der Waals surface area contributed by atoms with Crippen molar-refractivity contribution in [1.82, 2.24) is 0 Å². The number of aliphatic imine (C=N–C) groups is 1. The smallest absolute Gasteiger partial charge is 0.363 e. The quantitative estimate of drug-likeness (QED) is 0.301. The number of carbonyl (C=O) groups excluding carboxylic acids is 1. The number of aryl methyl sites for hydroxylation is 1. The summed E-state index contributed by atoms with van der Waals surface area (Å²) in [6, 6.07) is 18.3. The Bertz CT molecular complexity index is 1160. The molecule has 0 amide bonds. The number of cyclic esters (lactones) is 1. The molecule has 0 aromatic heterocycles. The van der Waals surface area contributed by atoms with Crippen molar-refractivity contribution in [1.29, 1.82) is 0 Å². The molecule has 0 atom stereocenters. The number of rotatable bonds is 3. The van der Waals surface area contributed by atoms with E-state index < -0.39 is 10.9 Å². The molecule has 0 saturated heterocycles. The largest absolute Gasteiger partial charge is 0.402 e. The minimum Gasteiger partial charge on any atom is -0.402 e. The zero-order valence-corrected chi connectivity index (χ0v) is 14.4. The van der Waals surface area contributed by atoms with Crippen molar-refractivity contribution in [2.75, 3.05) is 0 Å². The van der Waals surface area contributed by atoms with Gasteiger partial charge in [0, 0.05) is 17.2 Å². The average molecular weight is 358 g/mol. The van der Waals surface area contributed by atoms with Gasteiger partial charge in [-0.25, -0.2) is 9.79 Å². The number of esters is 1. The first kappa shape index (κ1) is 16.7. The second-order valence-corrected chi connectivity index (χ2v) is 6.20. The Morgan fingerprint density at radius 3 is 2.56 bits per heavy atom. The van der Waals surface area contributed by atoms with E-state index >= 15 is 0 Å². The third-order valence-electron chi connectivity index (χ3n) is 4.34. The van der Waals surface area contributed by atoms with Gasteiger partial charge in [0.2, 0.25) is 5.90 Å². The van der Waals surface area contributed by atoms with E-state index in [4.69, 9.17) is 4.74 Å². The van der Waals surface area contributed by atoms with Gasteiger partial charge in [-0.1, -0.05) is 36.4 Å². The van der Waals surface area contributed by atoms with Crippen LogP contribution in [0.25, 0.3) is 16.8 Å². The Kier molecular flexibility index (Phi) is 4.01. The summed E-state index contributed by atoms with van der Waals surface area (Å²) in [5.74, 6) is -0.404. The summed E-state index contributed by atoms with van der Waals surface area (Å²) in [6.45, 7) is 1.63. The highest BCUT2D eigenvalue weighted by Gasteiger charge is 2.25. The number of hydrogen-bond acceptors (Lipinski definition) is 5. The lowest BCUT2D eigenvalue weighted by Crippen LogP contribution is -2.06. The lowest BCUT2D eigenvalue weighted by atomic mass is 10.1. The van der Waals surface area contributed by atoms with Crippen LogP contribution in [0.4, 0.5) is 5.69 Å². The van der Waals surface area contributed by atoms with Gasteiger partial charge in [-0.2, -0.15) is 0 Å². The van der Waals surface area contributed by atoms with Crippen LogP contribution in [0, 0.1) is 17.0 Å². The molecule has 3 aromatic rings. The van der Waals surface area contributed by atoms with E-state index in [0.717, 1.165) is 16.3 Å². The third kappa shape index (κ3) is 3.20. The van der Waals surface area contributed by atoms with E-state index in [0.29, 0.717) is 11.1 Å². The zero-order valence-electron chi connectivity index (χ0n) is 14.4. The van der Waals surface area contributed by atoms with E-state index in [-0.39, 0.29) is 17.3 Å². The number of ether oxygens (including phenoxy) is 1. The van der Waals surface area contributed by atoms with Crippen molar-refractivity contribution in [3.05, 3.63) is 93.2 Å². The molecule has 3 aromatic carbocycles. The normalized spacial score (nSPS) is 15.1. The van der Waals surface area contributed by atoms with Gasteiger partial charge >= 0.3 is 5.97 Å². The highest BCUT2D eigenvalue weighted by atomic mass is 16.6. The zero-order chi connectivity index (χ0) is 19.0. The second kappa shape index (κ2) is 6.49. The molecule has 27 heavy (non-hydrogen) atoms. The van der Waals surface area contributed by atoms with Crippen molar-refractivity contribution in [2.24, 2.45) is 4.99 Å². The highest BCUT2D eigenvalue weighted by molar-refractivity contribution is 6.13. The topological polar surface area (TPSA) is 81.8 Å². The van der Waals surface area contributed by atoms with Crippen LogP contribution in [0.2, 0.25) is 0 Å². The maximum atomic E-state index is 12.2. The van der Waals surface area contributed by atoms with E-state index in [1.807, 2.05) is 42.5 Å². The maximum Gasteiger partial charge on any atom is 0.363 e. The number of fused-ring (bicyclic) bond motifs is 1. The minimum absolute atomic E-state index is 0.00982. The van der Waals surface area contributed by atoms with Crippen molar-refractivity contribution in [3.8, 4) is 0 Å². The van der Waals surface area contributed by atoms with Crippen LogP contribution in [0.1, 0.15) is 16.7 Å². The molecule has 1 aliphatic rings. The Hall–Kier alpha value is -3.80. The molecule has 0 N–H and O–H groups in total. The van der Waals surface area contributed by atoms with Crippen molar-refractivity contribution in [3.63, 3.8) is 0 Å². The minimum atomic E-state index is -0.547. The molecule has 0 aliphatic carbocycles. The van der Waals surface area contributed by atoms with Gasteiger partial charge in [0.05, 0.1) is 4.92 Å². The van der Waals surface area contributed by atoms with Crippen molar-refractivity contribution in [2.45, 2.75) is 6.92 Å². The molecule has 0 saturated carbocycles. The van der Waals surface area contributed by atoms with Crippen molar-refractivity contribution < 1.29 is 14.5 Å². The monoisotopic (exact) mass is 358 g/mol. The van der Waals surface area contributed by atoms with Gasteiger partial charge in [-0.15, -0.1) is 0 Å². The fraction of sp³-hybridized carbons (Fsp3) is 0.0476. The average Bonchev–Trinajstić information content (AvgIpc) is 3.02. The van der Waals surface area contributed by atoms with Crippen LogP contribution in [0.3, 0.4) is 0 Å². The lowest BCUT2D eigenvalue weighted by Gasteiger charge is -2.01. The van der Waals surface area contributed by atoms with Crippen LogP contribution in [-0.4, -0.2) is 16.8 Å². The first-order chi connectivity index (χ1) is 13.0. The molecule has 4 rings (SSSR count). The molecule has 1 aliphatic heterocycles. The third-order valence-corrected chi connectivity index (χ3v) is 4.34. The molecular formula is C21H14N2O4. The van der Waals surface area contributed by atoms with Gasteiger partial charge in [-0.05, 0) is 47.5 Å². The summed E-state index contributed by atoms with van der Waals surface area (Å²) in [7, 11) is 0. The molecule has 0 bridgehead atoms. The molecule has 0 fully saturated rings. The number of benzene rings is 3. The predicted molar refractivity (Wildman–Crippen MR) is 102 cm³/mol. The summed E-state index contributed by atoms with van der Waals surface area (Å²) >= 11 is 0. The van der Waals surface area contributed by atoms with Gasteiger partial charge in [0.15, 0.2) is 5.70 Å². The number of nitrogens with zero attached hydrogens (tertiary/aromatic N) is 2. The first-order valence-corrected chi connectivity index (χ1v) is 8.28. The Balaban J connectivity index is 1.68. The highest BCUT2D eigenvalue weighted by Crippen LogP contribution is 2.24. The van der Waals surface area contributed by atoms with Gasteiger partial charge < -0.3 is 4.74 Å². The lowest BCUT2D eigenvalue weighted by molar-refractivity contribution is -0.385. The molecule has 1 heterocycles. The fourth-order valence-electron chi connectivity index (χ4n) is 2.98. The van der Waals surface area contributed by atoms with E-state index in [9.17, 15) is 14.9 Å². The van der Waals surface area contributed by atoms with E-state index in [1.165, 1.54) is 12.1 Å². The summed E-state index contributed by atoms with van der Waals surface area (Å²) in [5.41, 5.74) is 2.04. The summed E-state index contributed by atoms with van der Waals surface area (Å²) < 4.78 is 5.25. The summed E-state index contributed by atoms with van der Waals surface area (Å²) in [5, 5.41) is 13.1. The number of hydrogen-bond donors (Lipinski definition) is 0. The number of nitro groups is 1. The molecular weight excluding hydrogens is 344 g/mol.